The van der Waals surface area contributed by atoms with Gasteiger partial charge >= 0.3 is 5.91 Å². The van der Waals surface area contributed by atoms with Gasteiger partial charge in [-0.2, -0.15) is 0 Å². The Morgan fingerprint density at radius 2 is 1.84 bits per heavy atom. The number of aliphatic hydroxyl groups is 1. The second kappa shape index (κ2) is 8.39. The number of Topliss-reactive ketones (excluding diaryl/α,β-unsaturated/α-hetero) is 1. The summed E-state index contributed by atoms with van der Waals surface area (Å²) in [5, 5.41) is 15.0. The highest BCUT2D eigenvalue weighted by Crippen LogP contribution is 2.42. The lowest BCUT2D eigenvalue weighted by atomic mass is 9.95. The molecule has 1 fully saturated rings. The third kappa shape index (κ3) is 3.86. The van der Waals surface area contributed by atoms with Crippen LogP contribution in [0.1, 0.15) is 29.9 Å². The zero-order valence-electron chi connectivity index (χ0n) is 16.8. The number of benzene rings is 2. The average Bonchev–Trinajstić information content (AvgIpc) is 3.30. The van der Waals surface area contributed by atoms with E-state index < -0.39 is 17.7 Å². The lowest BCUT2D eigenvalue weighted by Crippen LogP contribution is -2.29. The van der Waals surface area contributed by atoms with Crippen LogP contribution in [0.3, 0.4) is 0 Å². The van der Waals surface area contributed by atoms with E-state index in [1.807, 2.05) is 6.92 Å². The number of aliphatic hydroxyl groups excluding tert-OH is 1. The molecule has 1 aliphatic rings. The van der Waals surface area contributed by atoms with E-state index >= 15 is 0 Å². The standard InChI is InChI=1S/C23H19BrN2O5/c1-3-30-17-10-6-15(7-11-17)21(27)19-20(14-4-8-16(24)9-5-14)26(23(29)22(19)28)18-12-13(2)31-25-18/h4-12,20,27H,3H2,1-2H3/b21-19+/t20-/m0/s1. The molecule has 31 heavy (non-hydrogen) atoms. The molecule has 0 aliphatic carbocycles. The van der Waals surface area contributed by atoms with Gasteiger partial charge in [0.05, 0.1) is 18.2 Å². The van der Waals surface area contributed by atoms with Crippen molar-refractivity contribution in [2.45, 2.75) is 19.9 Å². The van der Waals surface area contributed by atoms with Crippen LogP contribution in [-0.4, -0.2) is 28.6 Å². The fraction of sp³-hybridized carbons (Fsp3) is 0.174. The molecule has 0 spiro atoms. The van der Waals surface area contributed by atoms with Crippen LogP contribution in [0, 0.1) is 6.92 Å². The maximum atomic E-state index is 13.0. The van der Waals surface area contributed by atoms with Crippen molar-refractivity contribution in [1.82, 2.24) is 5.16 Å². The summed E-state index contributed by atoms with van der Waals surface area (Å²) in [6, 6.07) is 14.6. The molecule has 1 amide bonds. The van der Waals surface area contributed by atoms with E-state index in [4.69, 9.17) is 9.26 Å². The topological polar surface area (TPSA) is 92.9 Å². The van der Waals surface area contributed by atoms with Crippen molar-refractivity contribution in [3.05, 3.63) is 81.5 Å². The molecule has 158 valence electrons. The predicted molar refractivity (Wildman–Crippen MR) is 118 cm³/mol. The number of ketones is 1. The highest BCUT2D eigenvalue weighted by Gasteiger charge is 2.48. The number of nitrogens with zero attached hydrogens (tertiary/aromatic N) is 2. The van der Waals surface area contributed by atoms with Gasteiger partial charge in [-0.25, -0.2) is 0 Å². The van der Waals surface area contributed by atoms with E-state index in [2.05, 4.69) is 21.1 Å². The maximum absolute atomic E-state index is 13.0. The first kappa shape index (κ1) is 20.9. The van der Waals surface area contributed by atoms with Gasteiger partial charge in [-0.3, -0.25) is 14.5 Å². The first-order valence-corrected chi connectivity index (χ1v) is 10.4. The van der Waals surface area contributed by atoms with Crippen molar-refractivity contribution in [2.24, 2.45) is 0 Å². The van der Waals surface area contributed by atoms with E-state index in [1.54, 1.807) is 61.5 Å². The second-order valence-electron chi connectivity index (χ2n) is 6.97. The molecule has 0 saturated carbocycles. The Bertz CT molecular complexity index is 1170. The molecule has 1 aromatic heterocycles. The van der Waals surface area contributed by atoms with Gasteiger partial charge in [0.2, 0.25) is 0 Å². The first-order valence-electron chi connectivity index (χ1n) is 9.63. The summed E-state index contributed by atoms with van der Waals surface area (Å²) in [6.45, 7) is 4.08. The van der Waals surface area contributed by atoms with Crippen molar-refractivity contribution in [3.63, 3.8) is 0 Å². The lowest BCUT2D eigenvalue weighted by molar-refractivity contribution is -0.132. The Balaban J connectivity index is 1.87. The number of carbonyl (C=O) groups is 2. The summed E-state index contributed by atoms with van der Waals surface area (Å²) in [5.74, 6) is -0.496. The first-order chi connectivity index (χ1) is 14.9. The summed E-state index contributed by atoms with van der Waals surface area (Å²) >= 11 is 3.39. The number of aromatic nitrogens is 1. The van der Waals surface area contributed by atoms with Crippen LogP contribution in [0.4, 0.5) is 5.82 Å². The molecule has 7 nitrogen and oxygen atoms in total. The van der Waals surface area contributed by atoms with E-state index in [1.165, 1.54) is 4.90 Å². The zero-order chi connectivity index (χ0) is 22.1. The molecule has 0 unspecified atom stereocenters. The molecule has 8 heteroatoms. The minimum Gasteiger partial charge on any atom is -0.507 e. The normalized spacial score (nSPS) is 17.9. The summed E-state index contributed by atoms with van der Waals surface area (Å²) in [6.07, 6.45) is 0. The van der Waals surface area contributed by atoms with E-state index in [-0.39, 0.29) is 17.2 Å². The van der Waals surface area contributed by atoms with Gasteiger partial charge in [-0.15, -0.1) is 0 Å². The number of hydrogen-bond donors (Lipinski definition) is 1. The lowest BCUT2D eigenvalue weighted by Gasteiger charge is -2.22. The number of anilines is 1. The molecule has 1 N–H and O–H groups in total. The van der Waals surface area contributed by atoms with Crippen molar-refractivity contribution >= 4 is 39.2 Å². The summed E-state index contributed by atoms with van der Waals surface area (Å²) in [4.78, 5) is 27.3. The van der Waals surface area contributed by atoms with Crippen LogP contribution < -0.4 is 9.64 Å². The van der Waals surface area contributed by atoms with Gasteiger partial charge in [-0.05, 0) is 55.8 Å². The third-order valence-electron chi connectivity index (χ3n) is 4.93. The fourth-order valence-corrected chi connectivity index (χ4v) is 3.79. The minimum atomic E-state index is -0.857. The van der Waals surface area contributed by atoms with Gasteiger partial charge in [0.15, 0.2) is 5.82 Å². The zero-order valence-corrected chi connectivity index (χ0v) is 18.4. The van der Waals surface area contributed by atoms with Crippen LogP contribution in [0.25, 0.3) is 5.76 Å². The largest absolute Gasteiger partial charge is 0.507 e. The van der Waals surface area contributed by atoms with Crippen LogP contribution >= 0.6 is 15.9 Å². The number of aryl methyl sites for hydroxylation is 1. The molecule has 1 saturated heterocycles. The Labute approximate surface area is 187 Å². The van der Waals surface area contributed by atoms with Gasteiger partial charge in [-0.1, -0.05) is 33.2 Å². The van der Waals surface area contributed by atoms with E-state index in [0.717, 1.165) is 4.47 Å². The summed E-state index contributed by atoms with van der Waals surface area (Å²) in [5.41, 5.74) is 1.03. The van der Waals surface area contributed by atoms with Crippen molar-refractivity contribution in [1.29, 1.82) is 0 Å². The highest BCUT2D eigenvalue weighted by atomic mass is 79.9. The molecule has 3 aromatic rings. The van der Waals surface area contributed by atoms with Crippen LogP contribution in [-0.2, 0) is 9.59 Å². The Morgan fingerprint density at radius 3 is 2.42 bits per heavy atom. The number of rotatable bonds is 5. The van der Waals surface area contributed by atoms with Crippen molar-refractivity contribution < 1.29 is 24.0 Å². The quantitative estimate of drug-likeness (QED) is 0.319. The summed E-state index contributed by atoms with van der Waals surface area (Å²) in [7, 11) is 0. The van der Waals surface area contributed by atoms with Crippen molar-refractivity contribution in [3.8, 4) is 5.75 Å². The third-order valence-corrected chi connectivity index (χ3v) is 5.46. The van der Waals surface area contributed by atoms with Crippen LogP contribution in [0.15, 0.2) is 69.2 Å². The monoisotopic (exact) mass is 482 g/mol. The molecule has 0 radical (unpaired) electrons. The SMILES string of the molecule is CCOc1ccc(/C(O)=C2\C(=O)C(=O)N(c3cc(C)on3)[C@H]2c2ccc(Br)cc2)cc1. The minimum absolute atomic E-state index is 0.0165. The molecular weight excluding hydrogens is 464 g/mol. The molecule has 2 heterocycles. The van der Waals surface area contributed by atoms with E-state index in [0.29, 0.717) is 29.2 Å². The molecular formula is C23H19BrN2O5. The Kier molecular flexibility index (Phi) is 5.65. The summed E-state index contributed by atoms with van der Waals surface area (Å²) < 4.78 is 11.4. The van der Waals surface area contributed by atoms with Gasteiger partial charge in [0, 0.05) is 16.1 Å². The molecule has 1 atom stereocenters. The maximum Gasteiger partial charge on any atom is 0.301 e. The van der Waals surface area contributed by atoms with Gasteiger partial charge in [0.25, 0.3) is 5.78 Å². The van der Waals surface area contributed by atoms with E-state index in [9.17, 15) is 14.7 Å². The molecule has 2 aromatic carbocycles. The molecule has 0 bridgehead atoms. The second-order valence-corrected chi connectivity index (χ2v) is 7.89. The fourth-order valence-electron chi connectivity index (χ4n) is 3.53. The predicted octanol–water partition coefficient (Wildman–Crippen LogP) is 4.77. The Morgan fingerprint density at radius 1 is 1.16 bits per heavy atom. The smallest absolute Gasteiger partial charge is 0.301 e. The number of carbonyl (C=O) groups excluding carboxylic acids is 2. The molecule has 1 aliphatic heterocycles. The number of halogens is 1. The van der Waals surface area contributed by atoms with Gasteiger partial charge in [0.1, 0.15) is 17.3 Å². The van der Waals surface area contributed by atoms with Crippen molar-refractivity contribution in [2.75, 3.05) is 11.5 Å². The number of amides is 1. The number of hydrogen-bond acceptors (Lipinski definition) is 6. The highest BCUT2D eigenvalue weighted by molar-refractivity contribution is 9.10. The average molecular weight is 483 g/mol. The molecule has 4 rings (SSSR count). The Hall–Kier alpha value is -3.39. The number of ether oxygens (including phenoxy) is 1. The van der Waals surface area contributed by atoms with Crippen LogP contribution in [0.5, 0.6) is 5.75 Å². The van der Waals surface area contributed by atoms with Gasteiger partial charge < -0.3 is 14.4 Å². The van der Waals surface area contributed by atoms with Crippen LogP contribution in [0.2, 0.25) is 0 Å².